The fourth-order valence-electron chi connectivity index (χ4n) is 1.88. The summed E-state index contributed by atoms with van der Waals surface area (Å²) >= 11 is 0. The molecule has 0 aromatic heterocycles. The molecule has 114 valence electrons. The molecule has 0 aliphatic carbocycles. The van der Waals surface area contributed by atoms with Crippen LogP contribution in [0.25, 0.3) is 0 Å². The maximum Gasteiger partial charge on any atom is 0.261 e. The summed E-state index contributed by atoms with van der Waals surface area (Å²) in [5.41, 5.74) is 0.658. The van der Waals surface area contributed by atoms with Gasteiger partial charge in [-0.1, -0.05) is 6.92 Å². The minimum absolute atomic E-state index is 0.0214. The molecule has 2 aromatic carbocycles. The summed E-state index contributed by atoms with van der Waals surface area (Å²) in [6.07, 6.45) is 0.545. The van der Waals surface area contributed by atoms with E-state index in [2.05, 4.69) is 0 Å². The van der Waals surface area contributed by atoms with Gasteiger partial charge in [-0.25, -0.2) is 12.8 Å². The Kier molecular flexibility index (Phi) is 4.69. The van der Waals surface area contributed by atoms with E-state index < -0.39 is 9.05 Å². The monoisotopic (exact) mass is 339 g/mol. The van der Waals surface area contributed by atoms with Gasteiger partial charge >= 0.3 is 0 Å². The number of benzene rings is 2. The smallest absolute Gasteiger partial charge is 0.261 e. The molecule has 0 saturated heterocycles. The van der Waals surface area contributed by atoms with Crippen molar-refractivity contribution in [1.29, 1.82) is 5.26 Å². The van der Waals surface area contributed by atoms with Crippen molar-refractivity contribution < 1.29 is 17.5 Å². The van der Waals surface area contributed by atoms with Crippen LogP contribution in [0, 0.1) is 17.1 Å². The first-order valence-corrected chi connectivity index (χ1v) is 8.61. The second-order valence-corrected chi connectivity index (χ2v) is 6.98. The van der Waals surface area contributed by atoms with Gasteiger partial charge in [0.15, 0.2) is 0 Å². The zero-order valence-corrected chi connectivity index (χ0v) is 13.1. The molecule has 0 bridgehead atoms. The Hall–Kier alpha value is -2.10. The topological polar surface area (TPSA) is 67.2 Å². The second-order valence-electron chi connectivity index (χ2n) is 4.42. The number of ether oxygens (including phenoxy) is 1. The van der Waals surface area contributed by atoms with E-state index in [4.69, 9.17) is 20.7 Å². The normalized spacial score (nSPS) is 11.0. The number of rotatable bonds is 4. The van der Waals surface area contributed by atoms with E-state index >= 15 is 0 Å². The molecule has 0 heterocycles. The molecule has 0 atom stereocenters. The number of aryl methyl sites for hydroxylation is 1. The van der Waals surface area contributed by atoms with Gasteiger partial charge in [0.05, 0.1) is 10.5 Å². The zero-order valence-electron chi connectivity index (χ0n) is 11.5. The molecule has 0 saturated carbocycles. The molecule has 0 spiro atoms. The van der Waals surface area contributed by atoms with E-state index in [1.807, 2.05) is 13.0 Å². The standard InChI is InChI=1S/C15H11ClFNO3S/c1-2-10-7-12(17)3-5-14(10)21-15-6-4-13(22(16,19)20)8-11(15)9-18/h3-8H,2H2,1H3. The number of hydrogen-bond acceptors (Lipinski definition) is 4. The van der Waals surface area contributed by atoms with E-state index in [0.717, 1.165) is 6.07 Å². The maximum atomic E-state index is 13.2. The third-order valence-electron chi connectivity index (χ3n) is 2.98. The Bertz CT molecular complexity index is 860. The van der Waals surface area contributed by atoms with E-state index in [-0.39, 0.29) is 22.0 Å². The summed E-state index contributed by atoms with van der Waals surface area (Å²) in [7, 11) is 1.32. The number of hydrogen-bond donors (Lipinski definition) is 0. The lowest BCUT2D eigenvalue weighted by atomic mass is 10.1. The third kappa shape index (κ3) is 3.56. The van der Waals surface area contributed by atoms with Gasteiger partial charge in [-0.15, -0.1) is 0 Å². The molecule has 0 radical (unpaired) electrons. The SMILES string of the molecule is CCc1cc(F)ccc1Oc1ccc(S(=O)(=O)Cl)cc1C#N. The highest BCUT2D eigenvalue weighted by Crippen LogP contribution is 2.31. The van der Waals surface area contributed by atoms with Crippen LogP contribution < -0.4 is 4.74 Å². The Morgan fingerprint density at radius 2 is 1.91 bits per heavy atom. The zero-order chi connectivity index (χ0) is 16.3. The molecule has 22 heavy (non-hydrogen) atoms. The molecule has 0 unspecified atom stereocenters. The molecule has 2 aromatic rings. The van der Waals surface area contributed by atoms with Gasteiger partial charge in [0.25, 0.3) is 9.05 Å². The van der Waals surface area contributed by atoms with Crippen molar-refractivity contribution in [2.75, 3.05) is 0 Å². The van der Waals surface area contributed by atoms with Crippen LogP contribution in [-0.2, 0) is 15.5 Å². The van der Waals surface area contributed by atoms with Crippen molar-refractivity contribution >= 4 is 19.7 Å². The van der Waals surface area contributed by atoms with Crippen LogP contribution >= 0.6 is 10.7 Å². The van der Waals surface area contributed by atoms with Crippen molar-refractivity contribution in [1.82, 2.24) is 0 Å². The maximum absolute atomic E-state index is 13.2. The van der Waals surface area contributed by atoms with Crippen molar-refractivity contribution in [3.05, 3.63) is 53.3 Å². The van der Waals surface area contributed by atoms with Gasteiger partial charge in [0.2, 0.25) is 0 Å². The lowest BCUT2D eigenvalue weighted by Gasteiger charge is -2.11. The largest absolute Gasteiger partial charge is 0.456 e. The van der Waals surface area contributed by atoms with Crippen LogP contribution in [0.4, 0.5) is 4.39 Å². The van der Waals surface area contributed by atoms with Gasteiger partial charge in [-0.3, -0.25) is 0 Å². The highest BCUT2D eigenvalue weighted by molar-refractivity contribution is 8.13. The predicted octanol–water partition coefficient (Wildman–Crippen LogP) is 3.98. The molecule has 0 aliphatic heterocycles. The Morgan fingerprint density at radius 1 is 1.23 bits per heavy atom. The van der Waals surface area contributed by atoms with Crippen molar-refractivity contribution in [3.63, 3.8) is 0 Å². The van der Waals surface area contributed by atoms with Gasteiger partial charge in [0, 0.05) is 10.7 Å². The molecule has 0 amide bonds. The molecule has 0 fully saturated rings. The predicted molar refractivity (Wildman–Crippen MR) is 80.0 cm³/mol. The summed E-state index contributed by atoms with van der Waals surface area (Å²) in [5.74, 6) is 0.197. The van der Waals surface area contributed by atoms with E-state index in [0.29, 0.717) is 17.7 Å². The fourth-order valence-corrected chi connectivity index (χ4v) is 2.66. The van der Waals surface area contributed by atoms with Gasteiger partial charge in [-0.05, 0) is 48.4 Å². The van der Waals surface area contributed by atoms with Crippen molar-refractivity contribution in [3.8, 4) is 17.6 Å². The van der Waals surface area contributed by atoms with Gasteiger partial charge < -0.3 is 4.74 Å². The fraction of sp³-hybridized carbons (Fsp3) is 0.133. The summed E-state index contributed by atoms with van der Waals surface area (Å²) in [6.45, 7) is 1.84. The molecular formula is C15H11ClFNO3S. The Morgan fingerprint density at radius 3 is 2.50 bits per heavy atom. The Labute approximate surface area is 132 Å². The Balaban J connectivity index is 2.45. The first kappa shape index (κ1) is 16.3. The number of nitriles is 1. The molecule has 2 rings (SSSR count). The highest BCUT2D eigenvalue weighted by atomic mass is 35.7. The van der Waals surface area contributed by atoms with Crippen LogP contribution in [0.3, 0.4) is 0 Å². The van der Waals surface area contributed by atoms with Crippen molar-refractivity contribution in [2.45, 2.75) is 18.2 Å². The first-order valence-electron chi connectivity index (χ1n) is 6.30. The highest BCUT2D eigenvalue weighted by Gasteiger charge is 2.15. The summed E-state index contributed by atoms with van der Waals surface area (Å²) in [4.78, 5) is -0.187. The summed E-state index contributed by atoms with van der Waals surface area (Å²) < 4.78 is 41.4. The minimum Gasteiger partial charge on any atom is -0.456 e. The average molecular weight is 340 g/mol. The molecular weight excluding hydrogens is 329 g/mol. The van der Waals surface area contributed by atoms with Crippen LogP contribution in [0.2, 0.25) is 0 Å². The quantitative estimate of drug-likeness (QED) is 0.790. The van der Waals surface area contributed by atoms with Crippen molar-refractivity contribution in [2.24, 2.45) is 0 Å². The summed E-state index contributed by atoms with van der Waals surface area (Å²) in [5, 5.41) is 9.13. The number of halogens is 2. The number of nitrogens with zero attached hydrogens (tertiary/aromatic N) is 1. The molecule has 0 N–H and O–H groups in total. The van der Waals surface area contributed by atoms with Gasteiger partial charge in [-0.2, -0.15) is 5.26 Å². The van der Waals surface area contributed by atoms with Crippen LogP contribution in [-0.4, -0.2) is 8.42 Å². The van der Waals surface area contributed by atoms with E-state index in [9.17, 15) is 12.8 Å². The van der Waals surface area contributed by atoms with Crippen LogP contribution in [0.1, 0.15) is 18.1 Å². The van der Waals surface area contributed by atoms with Crippen LogP contribution in [0.15, 0.2) is 41.3 Å². The lowest BCUT2D eigenvalue weighted by Crippen LogP contribution is -1.96. The lowest BCUT2D eigenvalue weighted by molar-refractivity contribution is 0.472. The minimum atomic E-state index is -3.93. The average Bonchev–Trinajstić information content (AvgIpc) is 2.48. The van der Waals surface area contributed by atoms with Gasteiger partial charge in [0.1, 0.15) is 23.4 Å². The summed E-state index contributed by atoms with van der Waals surface area (Å²) in [6, 6.07) is 9.63. The second kappa shape index (κ2) is 6.34. The molecule has 0 aliphatic rings. The van der Waals surface area contributed by atoms with E-state index in [1.165, 1.54) is 30.3 Å². The molecule has 4 nitrogen and oxygen atoms in total. The first-order chi connectivity index (χ1) is 10.3. The van der Waals surface area contributed by atoms with Crippen LogP contribution in [0.5, 0.6) is 11.5 Å². The third-order valence-corrected chi connectivity index (χ3v) is 4.33. The molecule has 7 heteroatoms. The van der Waals surface area contributed by atoms with E-state index in [1.54, 1.807) is 0 Å².